The van der Waals surface area contributed by atoms with Crippen LogP contribution in [0.25, 0.3) is 11.3 Å². The summed E-state index contributed by atoms with van der Waals surface area (Å²) in [4.78, 5) is 18.6. The molecule has 2 N–H and O–H groups in total. The molecule has 0 aliphatic carbocycles. The quantitative estimate of drug-likeness (QED) is 0.938. The van der Waals surface area contributed by atoms with E-state index in [1.165, 1.54) is 6.42 Å². The zero-order valence-corrected chi connectivity index (χ0v) is 13.9. The van der Waals surface area contributed by atoms with Crippen molar-refractivity contribution in [2.45, 2.75) is 25.4 Å². The Morgan fingerprint density at radius 1 is 1.25 bits per heavy atom. The van der Waals surface area contributed by atoms with E-state index in [0.29, 0.717) is 17.9 Å². The van der Waals surface area contributed by atoms with Crippen LogP contribution in [-0.4, -0.2) is 42.1 Å². The van der Waals surface area contributed by atoms with Crippen molar-refractivity contribution >= 4 is 11.7 Å². The van der Waals surface area contributed by atoms with Gasteiger partial charge in [-0.05, 0) is 43.5 Å². The van der Waals surface area contributed by atoms with E-state index < -0.39 is 0 Å². The number of benzene rings is 1. The maximum atomic E-state index is 12.6. The van der Waals surface area contributed by atoms with E-state index in [-0.39, 0.29) is 12.0 Å². The maximum Gasteiger partial charge on any atom is 0.253 e. The molecule has 0 spiro atoms. The summed E-state index contributed by atoms with van der Waals surface area (Å²) < 4.78 is 5.71. The Morgan fingerprint density at radius 2 is 2.04 bits per heavy atom. The molecule has 126 valence electrons. The summed E-state index contributed by atoms with van der Waals surface area (Å²) in [6.07, 6.45) is 3.48. The molecule has 1 saturated heterocycles. The van der Waals surface area contributed by atoms with Gasteiger partial charge in [0, 0.05) is 31.3 Å². The molecule has 1 fully saturated rings. The number of hydrogen-bond acceptors (Lipinski definition) is 4. The van der Waals surface area contributed by atoms with Crippen LogP contribution in [0.2, 0.25) is 0 Å². The highest BCUT2D eigenvalue weighted by atomic mass is 16.5. The number of aromatic nitrogens is 1. The van der Waals surface area contributed by atoms with E-state index >= 15 is 0 Å². The monoisotopic (exact) mass is 325 g/mol. The van der Waals surface area contributed by atoms with Gasteiger partial charge in [-0.3, -0.25) is 4.79 Å². The fraction of sp³-hybridized carbons (Fsp3) is 0.368. The largest absolute Gasteiger partial charge is 0.384 e. The van der Waals surface area contributed by atoms with Gasteiger partial charge in [0.25, 0.3) is 5.91 Å². The lowest BCUT2D eigenvalue weighted by Gasteiger charge is -2.27. The zero-order valence-electron chi connectivity index (χ0n) is 13.9. The smallest absolute Gasteiger partial charge is 0.253 e. The molecule has 0 saturated carbocycles. The lowest BCUT2D eigenvalue weighted by molar-refractivity contribution is -0.000186. The normalized spacial score (nSPS) is 17.5. The Morgan fingerprint density at radius 3 is 2.71 bits per heavy atom. The fourth-order valence-electron chi connectivity index (χ4n) is 2.96. The van der Waals surface area contributed by atoms with E-state index in [0.717, 1.165) is 30.7 Å². The van der Waals surface area contributed by atoms with Crippen LogP contribution in [0.15, 0.2) is 42.5 Å². The SMILES string of the molecule is CN(C[C@@H]1CCCCO1)C(=O)c1ccc(-c2cccc(N)n2)cc1. The topological polar surface area (TPSA) is 68.5 Å². The van der Waals surface area contributed by atoms with Crippen molar-refractivity contribution in [3.05, 3.63) is 48.0 Å². The molecule has 1 aliphatic heterocycles. The molecule has 24 heavy (non-hydrogen) atoms. The van der Waals surface area contributed by atoms with Gasteiger partial charge in [-0.15, -0.1) is 0 Å². The Labute approximate surface area is 142 Å². The summed E-state index contributed by atoms with van der Waals surface area (Å²) >= 11 is 0. The molecule has 1 amide bonds. The van der Waals surface area contributed by atoms with E-state index in [1.807, 2.05) is 43.4 Å². The summed E-state index contributed by atoms with van der Waals surface area (Å²) in [6.45, 7) is 1.44. The van der Waals surface area contributed by atoms with Gasteiger partial charge >= 0.3 is 0 Å². The first-order valence-electron chi connectivity index (χ1n) is 8.33. The molecule has 3 rings (SSSR count). The van der Waals surface area contributed by atoms with E-state index in [1.54, 1.807) is 11.0 Å². The zero-order chi connectivity index (χ0) is 16.9. The number of rotatable bonds is 4. The number of likely N-dealkylation sites (N-methyl/N-ethyl adjacent to an activating group) is 1. The number of hydrogen-bond donors (Lipinski definition) is 1. The molecule has 5 heteroatoms. The second-order valence-corrected chi connectivity index (χ2v) is 6.20. The Hall–Kier alpha value is -2.40. The third kappa shape index (κ3) is 3.92. The standard InChI is InChI=1S/C19H23N3O2/c1-22(13-16-5-2-3-12-24-16)19(23)15-10-8-14(9-11-15)17-6-4-7-18(20)21-17/h4,6-11,16H,2-3,5,12-13H2,1H3,(H2,20,21)/t16-/m0/s1. The van der Waals surface area contributed by atoms with Crippen molar-refractivity contribution in [2.75, 3.05) is 25.9 Å². The van der Waals surface area contributed by atoms with Gasteiger partial charge in [0.05, 0.1) is 11.8 Å². The van der Waals surface area contributed by atoms with Crippen LogP contribution >= 0.6 is 0 Å². The molecule has 1 aromatic heterocycles. The number of nitrogens with zero attached hydrogens (tertiary/aromatic N) is 2. The first-order valence-corrected chi connectivity index (χ1v) is 8.33. The maximum absolute atomic E-state index is 12.6. The molecule has 0 bridgehead atoms. The molecule has 2 aromatic rings. The number of pyridine rings is 1. The fourth-order valence-corrected chi connectivity index (χ4v) is 2.96. The highest BCUT2D eigenvalue weighted by Gasteiger charge is 2.19. The van der Waals surface area contributed by atoms with Crippen molar-refractivity contribution in [3.63, 3.8) is 0 Å². The highest BCUT2D eigenvalue weighted by Crippen LogP contribution is 2.20. The third-order valence-electron chi connectivity index (χ3n) is 4.30. The number of carbonyl (C=O) groups excluding carboxylic acids is 1. The molecule has 0 radical (unpaired) electrons. The lowest BCUT2D eigenvalue weighted by atomic mass is 10.1. The van der Waals surface area contributed by atoms with Crippen molar-refractivity contribution in [3.8, 4) is 11.3 Å². The molecule has 1 atom stereocenters. The van der Waals surface area contributed by atoms with E-state index in [9.17, 15) is 4.79 Å². The van der Waals surface area contributed by atoms with Crippen LogP contribution in [0, 0.1) is 0 Å². The molecule has 2 heterocycles. The summed E-state index contributed by atoms with van der Waals surface area (Å²) in [7, 11) is 1.83. The minimum atomic E-state index is 0.0104. The second-order valence-electron chi connectivity index (χ2n) is 6.20. The van der Waals surface area contributed by atoms with Crippen LogP contribution in [0.1, 0.15) is 29.6 Å². The van der Waals surface area contributed by atoms with Crippen molar-refractivity contribution in [1.29, 1.82) is 0 Å². The molecule has 1 aliphatic rings. The average molecular weight is 325 g/mol. The van der Waals surface area contributed by atoms with Crippen molar-refractivity contribution < 1.29 is 9.53 Å². The number of ether oxygens (including phenoxy) is 1. The summed E-state index contributed by atoms with van der Waals surface area (Å²) in [5.41, 5.74) is 8.13. The second kappa shape index (κ2) is 7.45. The average Bonchev–Trinajstić information content (AvgIpc) is 2.62. The number of amides is 1. The Bertz CT molecular complexity index is 694. The predicted molar refractivity (Wildman–Crippen MR) is 94.6 cm³/mol. The van der Waals surface area contributed by atoms with Gasteiger partial charge in [-0.25, -0.2) is 4.98 Å². The van der Waals surface area contributed by atoms with Crippen LogP contribution in [0.4, 0.5) is 5.82 Å². The van der Waals surface area contributed by atoms with E-state index in [4.69, 9.17) is 10.5 Å². The lowest BCUT2D eigenvalue weighted by Crippen LogP contribution is -2.37. The summed E-state index contributed by atoms with van der Waals surface area (Å²) in [6, 6.07) is 13.0. The predicted octanol–water partition coefficient (Wildman–Crippen LogP) is 2.97. The van der Waals surface area contributed by atoms with Gasteiger partial charge in [-0.1, -0.05) is 18.2 Å². The van der Waals surface area contributed by atoms with Gasteiger partial charge in [-0.2, -0.15) is 0 Å². The Kier molecular flexibility index (Phi) is 5.11. The number of carbonyl (C=O) groups is 1. The van der Waals surface area contributed by atoms with Gasteiger partial charge in [0.1, 0.15) is 5.82 Å². The van der Waals surface area contributed by atoms with Gasteiger partial charge in [0.15, 0.2) is 0 Å². The number of anilines is 1. The van der Waals surface area contributed by atoms with E-state index in [2.05, 4.69) is 4.98 Å². The van der Waals surface area contributed by atoms with Crippen LogP contribution in [-0.2, 0) is 4.74 Å². The van der Waals surface area contributed by atoms with Gasteiger partial charge in [0.2, 0.25) is 0 Å². The summed E-state index contributed by atoms with van der Waals surface area (Å²) in [5, 5.41) is 0. The van der Waals surface area contributed by atoms with Gasteiger partial charge < -0.3 is 15.4 Å². The molecule has 0 unspecified atom stereocenters. The molecule has 5 nitrogen and oxygen atoms in total. The number of nitrogens with two attached hydrogens (primary N) is 1. The van der Waals surface area contributed by atoms with Crippen LogP contribution in [0.3, 0.4) is 0 Å². The first kappa shape index (κ1) is 16.5. The van der Waals surface area contributed by atoms with Crippen molar-refractivity contribution in [1.82, 2.24) is 9.88 Å². The minimum Gasteiger partial charge on any atom is -0.384 e. The molecular weight excluding hydrogens is 302 g/mol. The first-order chi connectivity index (χ1) is 11.6. The van der Waals surface area contributed by atoms with Crippen molar-refractivity contribution in [2.24, 2.45) is 0 Å². The van der Waals surface area contributed by atoms with Crippen LogP contribution in [0.5, 0.6) is 0 Å². The number of nitrogen functional groups attached to an aromatic ring is 1. The van der Waals surface area contributed by atoms with Crippen LogP contribution < -0.4 is 5.73 Å². The molecular formula is C19H23N3O2. The third-order valence-corrected chi connectivity index (χ3v) is 4.30. The highest BCUT2D eigenvalue weighted by molar-refractivity contribution is 5.94. The summed E-state index contributed by atoms with van der Waals surface area (Å²) in [5.74, 6) is 0.496. The molecule has 1 aromatic carbocycles. The Balaban J connectivity index is 1.67. The minimum absolute atomic E-state index is 0.0104.